The van der Waals surface area contributed by atoms with Gasteiger partial charge in [0, 0.05) is 7.05 Å². The molecule has 2 aromatic rings. The van der Waals surface area contributed by atoms with E-state index in [1.54, 1.807) is 36.2 Å². The number of nitriles is 1. The monoisotopic (exact) mass is 420 g/mol. The molecule has 0 aliphatic carbocycles. The van der Waals surface area contributed by atoms with E-state index in [0.29, 0.717) is 23.9 Å². The number of anilines is 3. The highest BCUT2D eigenvalue weighted by Gasteiger charge is 2.42. The molecule has 0 unspecified atom stereocenters. The van der Waals surface area contributed by atoms with Crippen LogP contribution >= 0.6 is 11.6 Å². The average molecular weight is 421 g/mol. The van der Waals surface area contributed by atoms with Crippen LogP contribution in [0.4, 0.5) is 17.1 Å². The van der Waals surface area contributed by atoms with Crippen molar-refractivity contribution in [3.63, 3.8) is 0 Å². The van der Waals surface area contributed by atoms with Gasteiger partial charge in [0.1, 0.15) is 28.2 Å². The molecule has 7 nitrogen and oxygen atoms in total. The molecule has 2 amide bonds. The molecule has 0 saturated carbocycles. The topological polar surface area (TPSA) is 85.7 Å². The third-order valence-corrected chi connectivity index (χ3v) is 5.24. The molecule has 0 atom stereocenters. The number of halogens is 1. The molecule has 2 aromatic carbocycles. The molecule has 0 bridgehead atoms. The minimum atomic E-state index is -0.674. The van der Waals surface area contributed by atoms with Crippen molar-refractivity contribution in [3.05, 3.63) is 70.5 Å². The summed E-state index contributed by atoms with van der Waals surface area (Å²) in [6, 6.07) is 16.0. The lowest BCUT2D eigenvalue weighted by Crippen LogP contribution is -2.31. The van der Waals surface area contributed by atoms with Crippen molar-refractivity contribution in [3.8, 4) is 11.8 Å². The number of rotatable bonds is 4. The third-order valence-electron chi connectivity index (χ3n) is 4.89. The van der Waals surface area contributed by atoms with Crippen LogP contribution in [0.5, 0.6) is 5.75 Å². The molecule has 30 heavy (non-hydrogen) atoms. The largest absolute Gasteiger partial charge is 0.494 e. The van der Waals surface area contributed by atoms with E-state index in [-0.39, 0.29) is 16.2 Å². The fraction of sp³-hybridized carbons (Fsp3) is 0.136. The Labute approximate surface area is 178 Å². The number of hydrogen-bond donors (Lipinski definition) is 1. The maximum atomic E-state index is 13.2. The maximum Gasteiger partial charge on any atom is 0.277 e. The minimum absolute atomic E-state index is 0.00508. The highest BCUT2D eigenvalue weighted by Crippen LogP contribution is 2.40. The fourth-order valence-corrected chi connectivity index (χ4v) is 3.73. The van der Waals surface area contributed by atoms with Crippen molar-refractivity contribution in [2.75, 3.05) is 28.8 Å². The zero-order valence-electron chi connectivity index (χ0n) is 16.3. The van der Waals surface area contributed by atoms with Gasteiger partial charge in [-0.2, -0.15) is 5.26 Å². The molecular formula is C22H17ClN4O3. The fourth-order valence-electron chi connectivity index (χ4n) is 3.47. The van der Waals surface area contributed by atoms with E-state index in [9.17, 15) is 14.9 Å². The van der Waals surface area contributed by atoms with E-state index in [0.717, 1.165) is 16.3 Å². The van der Waals surface area contributed by atoms with Crippen LogP contribution in [0.15, 0.2) is 70.5 Å². The van der Waals surface area contributed by atoms with Crippen LogP contribution in [0.1, 0.15) is 6.92 Å². The molecule has 0 aromatic heterocycles. The van der Waals surface area contributed by atoms with Crippen molar-refractivity contribution in [2.45, 2.75) is 6.92 Å². The summed E-state index contributed by atoms with van der Waals surface area (Å²) in [6.45, 7) is 2.36. The lowest BCUT2D eigenvalue weighted by molar-refractivity contribution is -0.120. The Hall–Kier alpha value is -3.76. The van der Waals surface area contributed by atoms with E-state index in [1.165, 1.54) is 0 Å². The highest BCUT2D eigenvalue weighted by atomic mass is 35.5. The second kappa shape index (κ2) is 7.58. The first kappa shape index (κ1) is 19.6. The van der Waals surface area contributed by atoms with E-state index in [2.05, 4.69) is 5.32 Å². The van der Waals surface area contributed by atoms with Gasteiger partial charge in [-0.15, -0.1) is 0 Å². The van der Waals surface area contributed by atoms with Crippen molar-refractivity contribution in [1.82, 2.24) is 0 Å². The van der Waals surface area contributed by atoms with Gasteiger partial charge >= 0.3 is 0 Å². The molecule has 8 heteroatoms. The van der Waals surface area contributed by atoms with Crippen LogP contribution in [0, 0.1) is 11.3 Å². The van der Waals surface area contributed by atoms with Gasteiger partial charge in [0.15, 0.2) is 0 Å². The zero-order chi connectivity index (χ0) is 21.4. The summed E-state index contributed by atoms with van der Waals surface area (Å²) >= 11 is 6.27. The first-order chi connectivity index (χ1) is 14.5. The predicted octanol–water partition coefficient (Wildman–Crippen LogP) is 3.75. The first-order valence-electron chi connectivity index (χ1n) is 9.23. The van der Waals surface area contributed by atoms with Gasteiger partial charge in [0.25, 0.3) is 11.8 Å². The molecule has 2 aliphatic heterocycles. The summed E-state index contributed by atoms with van der Waals surface area (Å²) in [7, 11) is 1.77. The Morgan fingerprint density at radius 2 is 1.83 bits per heavy atom. The quantitative estimate of drug-likeness (QED) is 0.599. The van der Waals surface area contributed by atoms with Crippen LogP contribution in [-0.4, -0.2) is 25.5 Å². The number of fused-ring (bicyclic) bond motifs is 1. The van der Waals surface area contributed by atoms with Crippen LogP contribution in [-0.2, 0) is 9.59 Å². The van der Waals surface area contributed by atoms with E-state index < -0.39 is 11.8 Å². The van der Waals surface area contributed by atoms with E-state index in [1.807, 2.05) is 37.3 Å². The van der Waals surface area contributed by atoms with Crippen LogP contribution < -0.4 is 19.9 Å². The molecule has 4 rings (SSSR count). The van der Waals surface area contributed by atoms with Crippen molar-refractivity contribution in [2.24, 2.45) is 0 Å². The second-order valence-electron chi connectivity index (χ2n) is 6.60. The number of benzene rings is 2. The van der Waals surface area contributed by atoms with Gasteiger partial charge < -0.3 is 15.0 Å². The number of ether oxygens (including phenoxy) is 1. The Morgan fingerprint density at radius 1 is 1.13 bits per heavy atom. The summed E-state index contributed by atoms with van der Waals surface area (Å²) in [5.41, 5.74) is 1.86. The molecule has 0 spiro atoms. The Kier molecular flexibility index (Phi) is 4.94. The van der Waals surface area contributed by atoms with Crippen LogP contribution in [0.25, 0.3) is 0 Å². The minimum Gasteiger partial charge on any atom is -0.494 e. The zero-order valence-corrected chi connectivity index (χ0v) is 17.0. The summed E-state index contributed by atoms with van der Waals surface area (Å²) in [6.07, 6.45) is 0. The summed E-state index contributed by atoms with van der Waals surface area (Å²) < 4.78 is 5.40. The number of carbonyl (C=O) groups is 2. The number of imide groups is 1. The highest BCUT2D eigenvalue weighted by molar-refractivity contribution is 6.53. The Bertz CT molecular complexity index is 1160. The number of hydrogen-bond acceptors (Lipinski definition) is 6. The normalized spacial score (nSPS) is 17.1. The molecule has 0 saturated heterocycles. The van der Waals surface area contributed by atoms with Gasteiger partial charge in [-0.3, -0.25) is 9.59 Å². The summed E-state index contributed by atoms with van der Waals surface area (Å²) in [4.78, 5) is 28.7. The molecule has 0 fully saturated rings. The second-order valence-corrected chi connectivity index (χ2v) is 6.98. The Balaban J connectivity index is 1.73. The summed E-state index contributed by atoms with van der Waals surface area (Å²) in [5, 5.41) is 12.7. The van der Waals surface area contributed by atoms with Gasteiger partial charge in [0.05, 0.1) is 29.2 Å². The number of nitrogens with one attached hydrogen (secondary N) is 1. The van der Waals surface area contributed by atoms with Gasteiger partial charge in [-0.05, 0) is 43.3 Å². The number of carbonyl (C=O) groups excluding carboxylic acids is 2. The number of para-hydroxylation sites is 2. The van der Waals surface area contributed by atoms with Gasteiger partial charge in [0.2, 0.25) is 0 Å². The molecule has 2 aliphatic rings. The van der Waals surface area contributed by atoms with Crippen LogP contribution in [0.2, 0.25) is 0 Å². The molecular weight excluding hydrogens is 404 g/mol. The first-order valence-corrected chi connectivity index (χ1v) is 9.61. The Morgan fingerprint density at radius 3 is 2.47 bits per heavy atom. The van der Waals surface area contributed by atoms with E-state index in [4.69, 9.17) is 16.3 Å². The van der Waals surface area contributed by atoms with Crippen molar-refractivity contribution >= 4 is 40.5 Å². The maximum absolute atomic E-state index is 13.2. The van der Waals surface area contributed by atoms with Crippen molar-refractivity contribution in [1.29, 1.82) is 5.26 Å². The SMILES string of the molecule is CCOc1ccc(N2C(=O)C(Cl)=C(/C(C#N)=C3\Nc4ccccc4N3C)C2=O)cc1. The molecule has 0 radical (unpaired) electrons. The predicted molar refractivity (Wildman–Crippen MR) is 114 cm³/mol. The standard InChI is InChI=1S/C22H17ClN4O3/c1-3-30-14-10-8-13(9-11-14)27-21(28)18(19(23)22(27)29)15(12-24)20-25-16-6-4-5-7-17(16)26(20)2/h4-11,25H,3H2,1-2H3/b20-15+. The molecule has 2 heterocycles. The number of nitrogens with zero attached hydrogens (tertiary/aromatic N) is 3. The van der Waals surface area contributed by atoms with Crippen LogP contribution in [0.3, 0.4) is 0 Å². The lowest BCUT2D eigenvalue weighted by atomic mass is 10.1. The smallest absolute Gasteiger partial charge is 0.277 e. The lowest BCUT2D eigenvalue weighted by Gasteiger charge is -2.17. The average Bonchev–Trinajstić information content (AvgIpc) is 3.19. The molecule has 150 valence electrons. The molecule has 1 N–H and O–H groups in total. The summed E-state index contributed by atoms with van der Waals surface area (Å²) in [5.74, 6) is -0.313. The number of amides is 2. The third kappa shape index (κ3) is 2.98. The van der Waals surface area contributed by atoms with Crippen molar-refractivity contribution < 1.29 is 14.3 Å². The van der Waals surface area contributed by atoms with Gasteiger partial charge in [-0.25, -0.2) is 4.90 Å². The van der Waals surface area contributed by atoms with Gasteiger partial charge in [-0.1, -0.05) is 23.7 Å². The van der Waals surface area contributed by atoms with E-state index >= 15 is 0 Å².